The van der Waals surface area contributed by atoms with Crippen LogP contribution in [0.5, 0.6) is 5.75 Å². The zero-order chi connectivity index (χ0) is 10.8. The van der Waals surface area contributed by atoms with Gasteiger partial charge < -0.3 is 4.74 Å². The maximum absolute atomic E-state index is 8.98. The first-order valence-electron chi connectivity index (χ1n) is 4.60. The molecule has 15 heavy (non-hydrogen) atoms. The number of rotatable bonds is 1. The Morgan fingerprint density at radius 3 is 2.80 bits per heavy atom. The third-order valence-electron chi connectivity index (χ3n) is 2.27. The van der Waals surface area contributed by atoms with Gasteiger partial charge in [0.2, 0.25) is 0 Å². The van der Waals surface area contributed by atoms with E-state index >= 15 is 0 Å². The number of fused-ring (bicyclic) bond motifs is 1. The summed E-state index contributed by atoms with van der Waals surface area (Å²) in [5.74, 6) is 0.754. The molecule has 74 valence electrons. The Hall–Kier alpha value is -2.08. The second kappa shape index (κ2) is 3.58. The molecule has 0 saturated carbocycles. The highest BCUT2D eigenvalue weighted by atomic mass is 16.5. The van der Waals surface area contributed by atoms with Crippen LogP contribution in [0.1, 0.15) is 11.3 Å². The number of benzene rings is 1. The van der Waals surface area contributed by atoms with Crippen LogP contribution in [0.15, 0.2) is 24.3 Å². The second-order valence-corrected chi connectivity index (χ2v) is 3.31. The number of nitrogens with zero attached hydrogens (tertiary/aromatic N) is 2. The largest absolute Gasteiger partial charge is 0.497 e. The van der Waals surface area contributed by atoms with Crippen LogP contribution in [-0.4, -0.2) is 12.1 Å². The molecule has 0 unspecified atom stereocenters. The highest BCUT2D eigenvalue weighted by Crippen LogP contribution is 2.22. The van der Waals surface area contributed by atoms with Crippen molar-refractivity contribution in [1.29, 1.82) is 5.26 Å². The van der Waals surface area contributed by atoms with Gasteiger partial charge in [0.25, 0.3) is 0 Å². The monoisotopic (exact) mass is 198 g/mol. The number of aryl methyl sites for hydroxylation is 1. The summed E-state index contributed by atoms with van der Waals surface area (Å²) in [6.45, 7) is 1.87. The smallest absolute Gasteiger partial charge is 0.121 e. The molecule has 3 nitrogen and oxygen atoms in total. The molecule has 0 atom stereocenters. The van der Waals surface area contributed by atoms with E-state index in [9.17, 15) is 0 Å². The molecule has 2 rings (SSSR count). The first-order chi connectivity index (χ1) is 7.24. The summed E-state index contributed by atoms with van der Waals surface area (Å²) in [6, 6.07) is 9.48. The second-order valence-electron chi connectivity index (χ2n) is 3.31. The minimum Gasteiger partial charge on any atom is -0.497 e. The van der Waals surface area contributed by atoms with Crippen LogP contribution in [0.25, 0.3) is 10.9 Å². The minimum absolute atomic E-state index is 0.653. The first kappa shape index (κ1) is 9.47. The number of aromatic nitrogens is 1. The summed E-state index contributed by atoms with van der Waals surface area (Å²) in [4.78, 5) is 4.36. The van der Waals surface area contributed by atoms with Gasteiger partial charge in [-0.3, -0.25) is 4.98 Å². The molecule has 0 aliphatic heterocycles. The topological polar surface area (TPSA) is 45.9 Å². The standard InChI is InChI=1S/C12H10N2O/c1-8-5-9(7-13)11-4-3-10(15-2)6-12(11)14-8/h3-6H,1-2H3. The van der Waals surface area contributed by atoms with Crippen LogP contribution in [0.3, 0.4) is 0 Å². The number of methoxy groups -OCH3 is 1. The van der Waals surface area contributed by atoms with Crippen LogP contribution >= 0.6 is 0 Å². The maximum Gasteiger partial charge on any atom is 0.121 e. The fraction of sp³-hybridized carbons (Fsp3) is 0.167. The molecule has 0 N–H and O–H groups in total. The van der Waals surface area contributed by atoms with Gasteiger partial charge in [0.05, 0.1) is 24.3 Å². The van der Waals surface area contributed by atoms with Gasteiger partial charge in [0.15, 0.2) is 0 Å². The van der Waals surface area contributed by atoms with Crippen molar-refractivity contribution >= 4 is 10.9 Å². The van der Waals surface area contributed by atoms with Crippen LogP contribution in [-0.2, 0) is 0 Å². The van der Waals surface area contributed by atoms with Gasteiger partial charge in [-0.15, -0.1) is 0 Å². The van der Waals surface area contributed by atoms with Gasteiger partial charge in [-0.05, 0) is 25.1 Å². The van der Waals surface area contributed by atoms with Crippen LogP contribution in [0, 0.1) is 18.3 Å². The molecule has 0 aliphatic carbocycles. The van der Waals surface area contributed by atoms with Crippen molar-refractivity contribution in [3.8, 4) is 11.8 Å². The van der Waals surface area contributed by atoms with Crippen molar-refractivity contribution in [2.75, 3.05) is 7.11 Å². The van der Waals surface area contributed by atoms with E-state index in [1.807, 2.05) is 25.1 Å². The van der Waals surface area contributed by atoms with Gasteiger partial charge in [-0.25, -0.2) is 0 Å². The van der Waals surface area contributed by atoms with Gasteiger partial charge in [-0.1, -0.05) is 0 Å². The van der Waals surface area contributed by atoms with Crippen molar-refractivity contribution in [1.82, 2.24) is 4.98 Å². The van der Waals surface area contributed by atoms with E-state index in [4.69, 9.17) is 10.00 Å². The molecule has 0 radical (unpaired) electrons. The highest BCUT2D eigenvalue weighted by Gasteiger charge is 2.04. The Morgan fingerprint density at radius 2 is 2.13 bits per heavy atom. The number of hydrogen-bond donors (Lipinski definition) is 0. The van der Waals surface area contributed by atoms with Crippen molar-refractivity contribution in [3.05, 3.63) is 35.5 Å². The summed E-state index contributed by atoms with van der Waals surface area (Å²) in [5.41, 5.74) is 2.29. The Kier molecular flexibility index (Phi) is 2.26. The minimum atomic E-state index is 0.653. The Bertz CT molecular complexity index is 555. The van der Waals surface area contributed by atoms with Crippen LogP contribution in [0.4, 0.5) is 0 Å². The average Bonchev–Trinajstić information content (AvgIpc) is 2.26. The number of ether oxygens (including phenoxy) is 1. The summed E-state index contributed by atoms with van der Waals surface area (Å²) in [7, 11) is 1.61. The van der Waals surface area contributed by atoms with Gasteiger partial charge in [0.1, 0.15) is 5.75 Å². The lowest BCUT2D eigenvalue weighted by Gasteiger charge is -2.04. The van der Waals surface area contributed by atoms with Crippen molar-refractivity contribution in [3.63, 3.8) is 0 Å². The molecule has 0 bridgehead atoms. The summed E-state index contributed by atoms with van der Waals surface area (Å²) < 4.78 is 5.11. The summed E-state index contributed by atoms with van der Waals surface area (Å²) in [5, 5.41) is 9.84. The van der Waals surface area contributed by atoms with Gasteiger partial charge in [-0.2, -0.15) is 5.26 Å². The SMILES string of the molecule is COc1ccc2c(C#N)cc(C)nc2c1. The third kappa shape index (κ3) is 1.62. The molecule has 0 spiro atoms. The average molecular weight is 198 g/mol. The van der Waals surface area contributed by atoms with Crippen molar-refractivity contribution in [2.24, 2.45) is 0 Å². The lowest BCUT2D eigenvalue weighted by atomic mass is 10.1. The predicted molar refractivity (Wildman–Crippen MR) is 57.7 cm³/mol. The van der Waals surface area contributed by atoms with E-state index in [0.29, 0.717) is 5.56 Å². The number of nitriles is 1. The summed E-state index contributed by atoms with van der Waals surface area (Å²) in [6.07, 6.45) is 0. The highest BCUT2D eigenvalue weighted by molar-refractivity contribution is 5.85. The van der Waals surface area contributed by atoms with Crippen molar-refractivity contribution < 1.29 is 4.74 Å². The normalized spacial score (nSPS) is 9.93. The quantitative estimate of drug-likeness (QED) is 0.706. The zero-order valence-corrected chi connectivity index (χ0v) is 8.61. The van der Waals surface area contributed by atoms with Crippen LogP contribution < -0.4 is 4.74 Å². The molecule has 2 aromatic rings. The molecule has 3 heteroatoms. The van der Waals surface area contributed by atoms with Crippen LogP contribution in [0.2, 0.25) is 0 Å². The molecule has 1 heterocycles. The Labute approximate surface area is 87.9 Å². The fourth-order valence-electron chi connectivity index (χ4n) is 1.56. The fourth-order valence-corrected chi connectivity index (χ4v) is 1.56. The first-order valence-corrected chi connectivity index (χ1v) is 4.60. The molecule has 1 aromatic heterocycles. The van der Waals surface area contributed by atoms with E-state index in [2.05, 4.69) is 11.1 Å². The molecule has 0 saturated heterocycles. The van der Waals surface area contributed by atoms with E-state index in [1.165, 1.54) is 0 Å². The Morgan fingerprint density at radius 1 is 1.33 bits per heavy atom. The molecule has 0 fully saturated rings. The maximum atomic E-state index is 8.98. The van der Waals surface area contributed by atoms with E-state index in [-0.39, 0.29) is 0 Å². The van der Waals surface area contributed by atoms with E-state index < -0.39 is 0 Å². The lowest BCUT2D eigenvalue weighted by Crippen LogP contribution is -1.89. The zero-order valence-electron chi connectivity index (χ0n) is 8.61. The summed E-state index contributed by atoms with van der Waals surface area (Å²) >= 11 is 0. The Balaban J connectivity index is 2.79. The molecule has 0 aliphatic rings. The molecular formula is C12H10N2O. The van der Waals surface area contributed by atoms with Crippen molar-refractivity contribution in [2.45, 2.75) is 6.92 Å². The predicted octanol–water partition coefficient (Wildman–Crippen LogP) is 2.42. The third-order valence-corrected chi connectivity index (χ3v) is 2.27. The van der Waals surface area contributed by atoms with E-state index in [1.54, 1.807) is 13.2 Å². The number of hydrogen-bond acceptors (Lipinski definition) is 3. The number of pyridine rings is 1. The lowest BCUT2D eigenvalue weighted by molar-refractivity contribution is 0.415. The molecule has 1 aromatic carbocycles. The van der Waals surface area contributed by atoms with E-state index in [0.717, 1.165) is 22.3 Å². The van der Waals surface area contributed by atoms with Gasteiger partial charge in [0, 0.05) is 17.1 Å². The molecular weight excluding hydrogens is 188 g/mol. The molecule has 0 amide bonds. The van der Waals surface area contributed by atoms with Gasteiger partial charge >= 0.3 is 0 Å².